The van der Waals surface area contributed by atoms with Crippen LogP contribution in [0.25, 0.3) is 0 Å². The summed E-state index contributed by atoms with van der Waals surface area (Å²) in [6, 6.07) is 7.83. The van der Waals surface area contributed by atoms with E-state index in [0.29, 0.717) is 0 Å². The first kappa shape index (κ1) is 14.7. The molecule has 3 N–H and O–H groups in total. The van der Waals surface area contributed by atoms with Gasteiger partial charge in [0.2, 0.25) is 0 Å². The van der Waals surface area contributed by atoms with E-state index in [1.807, 2.05) is 0 Å². The lowest BCUT2D eigenvalue weighted by Gasteiger charge is -2.20. The summed E-state index contributed by atoms with van der Waals surface area (Å²) in [6.07, 6.45) is -2.05. The fraction of sp³-hybridized carbons (Fsp3) is 0.250. The number of carboxylic acids is 2. The normalized spacial score (nSPS) is 13.3. The number of esters is 1. The molecule has 1 rings (SSSR count). The van der Waals surface area contributed by atoms with E-state index in [2.05, 4.69) is 0 Å². The van der Waals surface area contributed by atoms with Crippen molar-refractivity contribution in [1.29, 1.82) is 0 Å². The molecule has 1 aromatic carbocycles. The molecule has 0 fully saturated rings. The predicted octanol–water partition coefficient (Wildman–Crippen LogP) is 0.273. The zero-order valence-corrected chi connectivity index (χ0v) is 9.78. The van der Waals surface area contributed by atoms with Crippen molar-refractivity contribution in [3.05, 3.63) is 30.3 Å². The van der Waals surface area contributed by atoms with Crippen LogP contribution in [-0.2, 0) is 14.4 Å². The smallest absolute Gasteiger partial charge is 0.336 e. The Kier molecular flexibility index (Phi) is 4.60. The molecular weight excluding hydrogens is 256 g/mol. The maximum absolute atomic E-state index is 11.5. The number of hydrogen-bond donors (Lipinski definition) is 3. The van der Waals surface area contributed by atoms with Crippen LogP contribution in [0.4, 0.5) is 0 Å². The largest absolute Gasteiger partial charge is 0.481 e. The molecule has 0 saturated heterocycles. The highest BCUT2D eigenvalue weighted by atomic mass is 16.5. The SMILES string of the molecule is O=C(O)CC(O)(CC(=O)Oc1ccccc1)C(=O)O. The highest BCUT2D eigenvalue weighted by molar-refractivity contribution is 5.89. The van der Waals surface area contributed by atoms with Gasteiger partial charge in [-0.2, -0.15) is 0 Å². The standard InChI is InChI=1S/C12H12O7/c13-9(14)6-12(18,11(16)17)7-10(15)19-8-4-2-1-3-5-8/h1-5,18H,6-7H2,(H,13,14)(H,16,17). The van der Waals surface area contributed by atoms with Gasteiger partial charge in [-0.15, -0.1) is 0 Å². The predicted molar refractivity (Wildman–Crippen MR) is 61.5 cm³/mol. The van der Waals surface area contributed by atoms with Crippen molar-refractivity contribution in [2.75, 3.05) is 0 Å². The minimum atomic E-state index is -2.68. The number of benzene rings is 1. The average molecular weight is 268 g/mol. The molecule has 0 amide bonds. The molecule has 1 aromatic rings. The minimum absolute atomic E-state index is 0.176. The zero-order chi connectivity index (χ0) is 14.5. The molecule has 0 saturated carbocycles. The number of para-hydroxylation sites is 1. The Morgan fingerprint density at radius 1 is 1.05 bits per heavy atom. The van der Waals surface area contributed by atoms with Crippen molar-refractivity contribution < 1.29 is 34.4 Å². The van der Waals surface area contributed by atoms with Crippen LogP contribution in [0, 0.1) is 0 Å². The fourth-order valence-corrected chi connectivity index (χ4v) is 1.36. The summed E-state index contributed by atoms with van der Waals surface area (Å²) in [5.74, 6) is -4.18. The molecule has 0 aliphatic carbocycles. The van der Waals surface area contributed by atoms with Gasteiger partial charge in [0.25, 0.3) is 0 Å². The quantitative estimate of drug-likeness (QED) is 0.500. The van der Waals surface area contributed by atoms with E-state index in [9.17, 15) is 19.5 Å². The molecule has 102 valence electrons. The summed E-state index contributed by atoms with van der Waals surface area (Å²) in [6.45, 7) is 0. The van der Waals surface area contributed by atoms with Crippen molar-refractivity contribution in [2.45, 2.75) is 18.4 Å². The van der Waals surface area contributed by atoms with Crippen LogP contribution in [0.5, 0.6) is 5.75 Å². The summed E-state index contributed by atoms with van der Waals surface area (Å²) < 4.78 is 4.79. The van der Waals surface area contributed by atoms with E-state index < -0.39 is 36.4 Å². The Bertz CT molecular complexity index is 482. The second kappa shape index (κ2) is 5.96. The van der Waals surface area contributed by atoms with Gasteiger partial charge in [-0.1, -0.05) is 18.2 Å². The van der Waals surface area contributed by atoms with Crippen molar-refractivity contribution in [2.24, 2.45) is 0 Å². The van der Waals surface area contributed by atoms with Gasteiger partial charge in [0.1, 0.15) is 5.75 Å². The number of aliphatic carboxylic acids is 2. The van der Waals surface area contributed by atoms with Crippen molar-refractivity contribution in [3.8, 4) is 5.75 Å². The van der Waals surface area contributed by atoms with E-state index in [1.54, 1.807) is 18.2 Å². The maximum Gasteiger partial charge on any atom is 0.336 e. The summed E-state index contributed by atoms with van der Waals surface area (Å²) >= 11 is 0. The third-order valence-corrected chi connectivity index (χ3v) is 2.25. The molecule has 0 aliphatic heterocycles. The number of aliphatic hydroxyl groups is 1. The van der Waals surface area contributed by atoms with Crippen molar-refractivity contribution in [3.63, 3.8) is 0 Å². The number of carbonyl (C=O) groups excluding carboxylic acids is 1. The second-order valence-electron chi connectivity index (χ2n) is 3.87. The average Bonchev–Trinajstić information content (AvgIpc) is 2.28. The van der Waals surface area contributed by atoms with E-state index in [1.165, 1.54) is 12.1 Å². The van der Waals surface area contributed by atoms with Gasteiger partial charge in [0.05, 0.1) is 12.8 Å². The van der Waals surface area contributed by atoms with E-state index in [4.69, 9.17) is 14.9 Å². The highest BCUT2D eigenvalue weighted by Crippen LogP contribution is 2.18. The van der Waals surface area contributed by atoms with Gasteiger partial charge >= 0.3 is 17.9 Å². The first-order valence-electron chi connectivity index (χ1n) is 5.27. The number of carboxylic acid groups (broad SMARTS) is 2. The molecule has 0 heterocycles. The number of carbonyl (C=O) groups is 3. The van der Waals surface area contributed by atoms with E-state index in [-0.39, 0.29) is 5.75 Å². The number of ether oxygens (including phenoxy) is 1. The molecule has 7 nitrogen and oxygen atoms in total. The topological polar surface area (TPSA) is 121 Å². The summed E-state index contributed by atoms with van der Waals surface area (Å²) in [5.41, 5.74) is -2.68. The maximum atomic E-state index is 11.5. The van der Waals surface area contributed by atoms with Gasteiger partial charge in [0.15, 0.2) is 5.60 Å². The van der Waals surface area contributed by atoms with Gasteiger partial charge in [-0.3, -0.25) is 9.59 Å². The molecule has 0 aliphatic rings. The Morgan fingerprint density at radius 3 is 2.11 bits per heavy atom. The van der Waals surface area contributed by atoms with E-state index >= 15 is 0 Å². The summed E-state index contributed by atoms with van der Waals surface area (Å²) in [5, 5.41) is 26.9. The second-order valence-corrected chi connectivity index (χ2v) is 3.87. The fourth-order valence-electron chi connectivity index (χ4n) is 1.36. The molecule has 1 unspecified atom stereocenters. The first-order valence-corrected chi connectivity index (χ1v) is 5.27. The summed E-state index contributed by atoms with van der Waals surface area (Å²) in [7, 11) is 0. The molecule has 7 heteroatoms. The molecule has 0 bridgehead atoms. The van der Waals surface area contributed by atoms with Gasteiger partial charge in [0, 0.05) is 0 Å². The molecule has 0 aromatic heterocycles. The molecular formula is C12H12O7. The lowest BCUT2D eigenvalue weighted by molar-refractivity contribution is -0.169. The van der Waals surface area contributed by atoms with Gasteiger partial charge in [-0.05, 0) is 12.1 Å². The number of rotatable bonds is 6. The lowest BCUT2D eigenvalue weighted by Crippen LogP contribution is -2.43. The monoisotopic (exact) mass is 268 g/mol. The van der Waals surface area contributed by atoms with Crippen LogP contribution < -0.4 is 4.74 Å². The van der Waals surface area contributed by atoms with E-state index in [0.717, 1.165) is 0 Å². The van der Waals surface area contributed by atoms with Crippen molar-refractivity contribution in [1.82, 2.24) is 0 Å². The van der Waals surface area contributed by atoms with Crippen LogP contribution >= 0.6 is 0 Å². The Balaban J connectivity index is 2.72. The number of hydrogen-bond acceptors (Lipinski definition) is 5. The Hall–Kier alpha value is -2.41. The zero-order valence-electron chi connectivity index (χ0n) is 9.78. The van der Waals surface area contributed by atoms with Crippen LogP contribution in [0.15, 0.2) is 30.3 Å². The molecule has 19 heavy (non-hydrogen) atoms. The van der Waals surface area contributed by atoms with Gasteiger partial charge < -0.3 is 20.1 Å². The van der Waals surface area contributed by atoms with Crippen LogP contribution in [0.3, 0.4) is 0 Å². The Morgan fingerprint density at radius 2 is 1.63 bits per heavy atom. The van der Waals surface area contributed by atoms with Crippen LogP contribution in [-0.4, -0.2) is 38.8 Å². The first-order chi connectivity index (χ1) is 8.83. The van der Waals surface area contributed by atoms with Crippen LogP contribution in [0.2, 0.25) is 0 Å². The third kappa shape index (κ3) is 4.40. The van der Waals surface area contributed by atoms with Crippen LogP contribution in [0.1, 0.15) is 12.8 Å². The molecule has 1 atom stereocenters. The highest BCUT2D eigenvalue weighted by Gasteiger charge is 2.41. The minimum Gasteiger partial charge on any atom is -0.481 e. The van der Waals surface area contributed by atoms with Crippen molar-refractivity contribution >= 4 is 17.9 Å². The molecule has 0 spiro atoms. The Labute approximate surface area is 108 Å². The lowest BCUT2D eigenvalue weighted by atomic mass is 9.96. The van der Waals surface area contributed by atoms with Gasteiger partial charge in [-0.25, -0.2) is 4.79 Å². The summed E-state index contributed by atoms with van der Waals surface area (Å²) in [4.78, 5) is 32.8. The molecule has 0 radical (unpaired) electrons. The third-order valence-electron chi connectivity index (χ3n) is 2.25.